The van der Waals surface area contributed by atoms with E-state index in [0.717, 1.165) is 18.7 Å². The minimum Gasteiger partial charge on any atom is -0.362 e. The standard InChI is InChI=1S/C11H17N3/c1-14(2)11-9-6-4-3-5-7-10(9)12-8-13-11/h8H,3-7H2,1-2H3. The van der Waals surface area contributed by atoms with Crippen LogP contribution in [-0.2, 0) is 12.8 Å². The number of rotatable bonds is 1. The molecule has 3 nitrogen and oxygen atoms in total. The highest BCUT2D eigenvalue weighted by molar-refractivity contribution is 5.47. The van der Waals surface area contributed by atoms with Crippen LogP contribution in [0.2, 0.25) is 0 Å². The fourth-order valence-electron chi connectivity index (χ4n) is 2.07. The Balaban J connectivity index is 2.42. The van der Waals surface area contributed by atoms with E-state index < -0.39 is 0 Å². The molecule has 0 amide bonds. The van der Waals surface area contributed by atoms with Crippen LogP contribution in [0.5, 0.6) is 0 Å². The van der Waals surface area contributed by atoms with E-state index >= 15 is 0 Å². The third kappa shape index (κ3) is 1.72. The summed E-state index contributed by atoms with van der Waals surface area (Å²) in [5, 5.41) is 0. The van der Waals surface area contributed by atoms with Crippen LogP contribution in [0.3, 0.4) is 0 Å². The van der Waals surface area contributed by atoms with Gasteiger partial charge in [-0.25, -0.2) is 9.97 Å². The first-order chi connectivity index (χ1) is 6.79. The van der Waals surface area contributed by atoms with Crippen LogP contribution in [0, 0.1) is 0 Å². The van der Waals surface area contributed by atoms with Gasteiger partial charge in [0.05, 0.1) is 0 Å². The fraction of sp³-hybridized carbons (Fsp3) is 0.636. The van der Waals surface area contributed by atoms with Gasteiger partial charge in [-0.2, -0.15) is 0 Å². The van der Waals surface area contributed by atoms with Crippen LogP contribution in [0.4, 0.5) is 5.82 Å². The van der Waals surface area contributed by atoms with Gasteiger partial charge in [-0.05, 0) is 25.7 Å². The van der Waals surface area contributed by atoms with Crippen LogP contribution >= 0.6 is 0 Å². The monoisotopic (exact) mass is 191 g/mol. The molecule has 1 aromatic heterocycles. The number of nitrogens with zero attached hydrogens (tertiary/aromatic N) is 3. The highest BCUT2D eigenvalue weighted by atomic mass is 15.1. The van der Waals surface area contributed by atoms with E-state index in [1.165, 1.54) is 30.5 Å². The molecule has 0 unspecified atom stereocenters. The minimum atomic E-state index is 1.11. The summed E-state index contributed by atoms with van der Waals surface area (Å²) in [6.07, 6.45) is 7.84. The Labute approximate surface area is 85.2 Å². The van der Waals surface area contributed by atoms with Gasteiger partial charge < -0.3 is 4.90 Å². The molecule has 0 radical (unpaired) electrons. The maximum atomic E-state index is 4.38. The van der Waals surface area contributed by atoms with Crippen molar-refractivity contribution in [2.75, 3.05) is 19.0 Å². The second-order valence-electron chi connectivity index (χ2n) is 4.08. The van der Waals surface area contributed by atoms with Gasteiger partial charge in [-0.3, -0.25) is 0 Å². The van der Waals surface area contributed by atoms with Crippen molar-refractivity contribution in [1.82, 2.24) is 9.97 Å². The number of anilines is 1. The molecule has 76 valence electrons. The normalized spacial score (nSPS) is 15.9. The Bertz CT molecular complexity index is 320. The topological polar surface area (TPSA) is 29.0 Å². The average Bonchev–Trinajstić information content (AvgIpc) is 2.41. The fourth-order valence-corrected chi connectivity index (χ4v) is 2.07. The molecule has 1 aliphatic carbocycles. The van der Waals surface area contributed by atoms with E-state index in [9.17, 15) is 0 Å². The Morgan fingerprint density at radius 2 is 1.86 bits per heavy atom. The molecule has 0 N–H and O–H groups in total. The van der Waals surface area contributed by atoms with E-state index in [0.29, 0.717) is 0 Å². The summed E-state index contributed by atoms with van der Waals surface area (Å²) in [7, 11) is 4.10. The van der Waals surface area contributed by atoms with Crippen molar-refractivity contribution in [3.63, 3.8) is 0 Å². The highest BCUT2D eigenvalue weighted by Gasteiger charge is 2.14. The third-order valence-electron chi connectivity index (χ3n) is 2.78. The van der Waals surface area contributed by atoms with Crippen LogP contribution in [-0.4, -0.2) is 24.1 Å². The zero-order valence-corrected chi connectivity index (χ0v) is 8.95. The number of hydrogen-bond donors (Lipinski definition) is 0. The van der Waals surface area contributed by atoms with Gasteiger partial charge in [0.1, 0.15) is 12.1 Å². The van der Waals surface area contributed by atoms with Crippen molar-refractivity contribution >= 4 is 5.82 Å². The van der Waals surface area contributed by atoms with Gasteiger partial charge in [0.25, 0.3) is 0 Å². The molecule has 3 heteroatoms. The molecular weight excluding hydrogens is 174 g/mol. The van der Waals surface area contributed by atoms with Gasteiger partial charge in [0.15, 0.2) is 0 Å². The lowest BCUT2D eigenvalue weighted by Gasteiger charge is -2.16. The van der Waals surface area contributed by atoms with Crippen molar-refractivity contribution < 1.29 is 0 Å². The molecule has 0 saturated heterocycles. The molecule has 0 atom stereocenters. The van der Waals surface area contributed by atoms with Crippen molar-refractivity contribution in [2.45, 2.75) is 32.1 Å². The van der Waals surface area contributed by atoms with Crippen LogP contribution < -0.4 is 4.90 Å². The molecule has 1 heterocycles. The van der Waals surface area contributed by atoms with Crippen molar-refractivity contribution in [3.05, 3.63) is 17.6 Å². The zero-order chi connectivity index (χ0) is 9.97. The quantitative estimate of drug-likeness (QED) is 0.634. The lowest BCUT2D eigenvalue weighted by atomic mass is 10.1. The van der Waals surface area contributed by atoms with E-state index in [1.807, 2.05) is 14.1 Å². The molecule has 1 aliphatic rings. The molecule has 14 heavy (non-hydrogen) atoms. The number of fused-ring (bicyclic) bond motifs is 1. The van der Waals surface area contributed by atoms with Crippen LogP contribution in [0.1, 0.15) is 30.5 Å². The molecule has 0 bridgehead atoms. The van der Waals surface area contributed by atoms with Gasteiger partial charge in [-0.1, -0.05) is 6.42 Å². The second-order valence-corrected chi connectivity index (χ2v) is 4.08. The van der Waals surface area contributed by atoms with E-state index in [2.05, 4.69) is 14.9 Å². The Kier molecular flexibility index (Phi) is 2.66. The summed E-state index contributed by atoms with van der Waals surface area (Å²) >= 11 is 0. The summed E-state index contributed by atoms with van der Waals surface area (Å²) in [5.74, 6) is 1.11. The third-order valence-corrected chi connectivity index (χ3v) is 2.78. The van der Waals surface area contributed by atoms with Gasteiger partial charge in [-0.15, -0.1) is 0 Å². The SMILES string of the molecule is CN(C)c1ncnc2c1CCCCC2. The first kappa shape index (κ1) is 9.44. The second kappa shape index (κ2) is 3.95. The van der Waals surface area contributed by atoms with Gasteiger partial charge >= 0.3 is 0 Å². The Morgan fingerprint density at radius 1 is 1.07 bits per heavy atom. The summed E-state index contributed by atoms with van der Waals surface area (Å²) < 4.78 is 0. The average molecular weight is 191 g/mol. The lowest BCUT2D eigenvalue weighted by molar-refractivity contribution is 0.708. The maximum absolute atomic E-state index is 4.38. The largest absolute Gasteiger partial charge is 0.362 e. The number of aromatic nitrogens is 2. The van der Waals surface area contributed by atoms with Crippen molar-refractivity contribution in [2.24, 2.45) is 0 Å². The molecule has 0 saturated carbocycles. The van der Waals surface area contributed by atoms with Gasteiger partial charge in [0, 0.05) is 25.4 Å². The van der Waals surface area contributed by atoms with Crippen LogP contribution in [0.25, 0.3) is 0 Å². The lowest BCUT2D eigenvalue weighted by Crippen LogP contribution is -2.15. The first-order valence-electron chi connectivity index (χ1n) is 5.29. The summed E-state index contributed by atoms with van der Waals surface area (Å²) in [6, 6.07) is 0. The molecule has 1 aromatic rings. The summed E-state index contributed by atoms with van der Waals surface area (Å²) in [5.41, 5.74) is 2.64. The molecule has 0 fully saturated rings. The van der Waals surface area contributed by atoms with Gasteiger partial charge in [0.2, 0.25) is 0 Å². The predicted molar refractivity (Wildman–Crippen MR) is 57.6 cm³/mol. The molecule has 0 spiro atoms. The first-order valence-corrected chi connectivity index (χ1v) is 5.29. The molecule has 2 rings (SSSR count). The van der Waals surface area contributed by atoms with E-state index in [-0.39, 0.29) is 0 Å². The maximum Gasteiger partial charge on any atom is 0.134 e. The zero-order valence-electron chi connectivity index (χ0n) is 8.95. The van der Waals surface area contributed by atoms with Crippen LogP contribution in [0.15, 0.2) is 6.33 Å². The summed E-state index contributed by atoms with van der Waals surface area (Å²) in [6.45, 7) is 0. The molecule has 0 aromatic carbocycles. The smallest absolute Gasteiger partial charge is 0.134 e. The number of hydrogen-bond acceptors (Lipinski definition) is 3. The molecular formula is C11H17N3. The Hall–Kier alpha value is -1.12. The number of aryl methyl sites for hydroxylation is 1. The molecule has 0 aliphatic heterocycles. The van der Waals surface area contributed by atoms with E-state index in [1.54, 1.807) is 6.33 Å². The highest BCUT2D eigenvalue weighted by Crippen LogP contribution is 2.24. The van der Waals surface area contributed by atoms with Crippen molar-refractivity contribution in [3.8, 4) is 0 Å². The van der Waals surface area contributed by atoms with Crippen molar-refractivity contribution in [1.29, 1.82) is 0 Å². The predicted octanol–water partition coefficient (Wildman–Crippen LogP) is 1.81. The summed E-state index contributed by atoms with van der Waals surface area (Å²) in [4.78, 5) is 10.8. The minimum absolute atomic E-state index is 1.11. The Morgan fingerprint density at radius 3 is 2.64 bits per heavy atom. The van der Waals surface area contributed by atoms with E-state index in [4.69, 9.17) is 0 Å².